The minimum atomic E-state index is -0.392. The van der Waals surface area contributed by atoms with Crippen molar-refractivity contribution in [2.75, 3.05) is 12.3 Å². The third-order valence-corrected chi connectivity index (χ3v) is 5.01. The smallest absolute Gasteiger partial charge is 0.156 e. The number of nitrogens with two attached hydrogens (primary N) is 1. The second-order valence-corrected chi connectivity index (χ2v) is 6.90. The minimum absolute atomic E-state index is 0.182. The highest BCUT2D eigenvalue weighted by molar-refractivity contribution is 5.90. The molecule has 130 valence electrons. The fourth-order valence-corrected chi connectivity index (χ4v) is 3.31. The number of aromatic amines is 1. The minimum Gasteiger partial charge on any atom is -0.493 e. The van der Waals surface area contributed by atoms with E-state index in [0.717, 1.165) is 25.7 Å². The molecule has 0 spiro atoms. The third-order valence-electron chi connectivity index (χ3n) is 5.01. The lowest BCUT2D eigenvalue weighted by atomic mass is 9.85. The van der Waals surface area contributed by atoms with E-state index in [4.69, 9.17) is 10.5 Å². The van der Waals surface area contributed by atoms with E-state index in [1.807, 2.05) is 0 Å². The summed E-state index contributed by atoms with van der Waals surface area (Å²) in [5, 5.41) is 6.90. The maximum Gasteiger partial charge on any atom is 0.156 e. The fourth-order valence-electron chi connectivity index (χ4n) is 3.31. The SMILES string of the molecule is CCC(C)C=C1CCC(COc2cc(F)c3c(N)n[nH]c3c2)CC1. The molecule has 1 aromatic carbocycles. The van der Waals surface area contributed by atoms with Gasteiger partial charge >= 0.3 is 0 Å². The Hall–Kier alpha value is -2.04. The van der Waals surface area contributed by atoms with Gasteiger partial charge in [-0.2, -0.15) is 5.10 Å². The van der Waals surface area contributed by atoms with E-state index < -0.39 is 5.82 Å². The summed E-state index contributed by atoms with van der Waals surface area (Å²) in [6.45, 7) is 5.13. The number of rotatable bonds is 5. The number of anilines is 1. The van der Waals surface area contributed by atoms with Crippen LogP contribution in [0.2, 0.25) is 0 Å². The zero-order valence-electron chi connectivity index (χ0n) is 14.4. The van der Waals surface area contributed by atoms with Crippen LogP contribution in [0.3, 0.4) is 0 Å². The van der Waals surface area contributed by atoms with Gasteiger partial charge in [0.05, 0.1) is 17.5 Å². The van der Waals surface area contributed by atoms with E-state index in [2.05, 4.69) is 30.1 Å². The third kappa shape index (κ3) is 3.71. The fraction of sp³-hybridized carbons (Fsp3) is 0.526. The molecular formula is C19H26FN3O. The van der Waals surface area contributed by atoms with Crippen molar-refractivity contribution >= 4 is 16.7 Å². The highest BCUT2D eigenvalue weighted by Gasteiger charge is 2.18. The number of hydrogen-bond acceptors (Lipinski definition) is 3. The van der Waals surface area contributed by atoms with Gasteiger partial charge in [-0.3, -0.25) is 5.10 Å². The second kappa shape index (κ2) is 7.24. The highest BCUT2D eigenvalue weighted by Crippen LogP contribution is 2.31. The predicted octanol–water partition coefficient (Wildman–Crippen LogP) is 4.83. The first-order chi connectivity index (χ1) is 11.6. The molecule has 4 nitrogen and oxygen atoms in total. The highest BCUT2D eigenvalue weighted by atomic mass is 19.1. The summed E-state index contributed by atoms with van der Waals surface area (Å²) in [5.41, 5.74) is 7.81. The molecule has 0 radical (unpaired) electrons. The van der Waals surface area contributed by atoms with E-state index in [1.54, 1.807) is 11.6 Å². The summed E-state index contributed by atoms with van der Waals surface area (Å²) < 4.78 is 19.9. The molecule has 1 fully saturated rings. The number of nitrogen functional groups attached to an aromatic ring is 1. The van der Waals surface area contributed by atoms with Crippen LogP contribution < -0.4 is 10.5 Å². The van der Waals surface area contributed by atoms with Crippen LogP contribution in [0, 0.1) is 17.7 Å². The Morgan fingerprint density at radius 3 is 2.88 bits per heavy atom. The van der Waals surface area contributed by atoms with E-state index in [-0.39, 0.29) is 5.82 Å². The second-order valence-electron chi connectivity index (χ2n) is 6.90. The van der Waals surface area contributed by atoms with E-state index >= 15 is 0 Å². The first-order valence-corrected chi connectivity index (χ1v) is 8.82. The largest absolute Gasteiger partial charge is 0.493 e. The number of hydrogen-bond donors (Lipinski definition) is 2. The number of ether oxygens (including phenoxy) is 1. The van der Waals surface area contributed by atoms with Crippen molar-refractivity contribution in [1.29, 1.82) is 0 Å². The Kier molecular flexibility index (Phi) is 5.07. The number of aromatic nitrogens is 2. The monoisotopic (exact) mass is 331 g/mol. The Bertz CT molecular complexity index is 728. The van der Waals surface area contributed by atoms with E-state index in [0.29, 0.717) is 35.1 Å². The number of nitrogens with one attached hydrogen (secondary N) is 1. The maximum atomic E-state index is 14.1. The molecule has 5 heteroatoms. The zero-order chi connectivity index (χ0) is 17.1. The number of H-pyrrole nitrogens is 1. The lowest BCUT2D eigenvalue weighted by Gasteiger charge is -2.24. The van der Waals surface area contributed by atoms with Crippen LogP contribution in [0.15, 0.2) is 23.8 Å². The van der Waals surface area contributed by atoms with E-state index in [1.165, 1.54) is 12.5 Å². The standard InChI is InChI=1S/C19H26FN3O/c1-3-12(2)8-13-4-6-14(7-5-13)11-24-15-9-16(20)18-17(10-15)22-23-19(18)21/h8-10,12,14H,3-7,11H2,1-2H3,(H3,21,22,23). The summed E-state index contributed by atoms with van der Waals surface area (Å²) in [4.78, 5) is 0. The average molecular weight is 331 g/mol. The molecule has 1 aromatic heterocycles. The van der Waals surface area contributed by atoms with Gasteiger partial charge in [0.15, 0.2) is 5.82 Å². The molecule has 1 aliphatic carbocycles. The van der Waals surface area contributed by atoms with Crippen LogP contribution in [-0.4, -0.2) is 16.8 Å². The lowest BCUT2D eigenvalue weighted by molar-refractivity contribution is 0.221. The number of nitrogens with zero attached hydrogens (tertiary/aromatic N) is 1. The normalized spacial score (nSPS) is 19.5. The van der Waals surface area contributed by atoms with Crippen LogP contribution >= 0.6 is 0 Å². The first-order valence-electron chi connectivity index (χ1n) is 8.82. The predicted molar refractivity (Wildman–Crippen MR) is 95.5 cm³/mol. The van der Waals surface area contributed by atoms with Gasteiger partial charge in [0.1, 0.15) is 11.6 Å². The van der Waals surface area contributed by atoms with Crippen LogP contribution in [0.5, 0.6) is 5.75 Å². The molecule has 1 unspecified atom stereocenters. The molecule has 1 atom stereocenters. The molecule has 1 aliphatic rings. The molecule has 3 N–H and O–H groups in total. The molecule has 0 aliphatic heterocycles. The van der Waals surface area contributed by atoms with Crippen molar-refractivity contribution in [3.63, 3.8) is 0 Å². The molecular weight excluding hydrogens is 305 g/mol. The maximum absolute atomic E-state index is 14.1. The number of allylic oxidation sites excluding steroid dienone is 2. The number of fused-ring (bicyclic) bond motifs is 1. The van der Waals surface area contributed by atoms with Crippen molar-refractivity contribution < 1.29 is 9.13 Å². The molecule has 1 saturated carbocycles. The molecule has 0 bridgehead atoms. The van der Waals surface area contributed by atoms with Crippen molar-refractivity contribution in [3.05, 3.63) is 29.6 Å². The Labute approximate surface area is 142 Å². The molecule has 0 saturated heterocycles. The van der Waals surface area contributed by atoms with Gasteiger partial charge in [-0.25, -0.2) is 4.39 Å². The van der Waals surface area contributed by atoms with Crippen molar-refractivity contribution in [2.45, 2.75) is 46.0 Å². The van der Waals surface area contributed by atoms with Gasteiger partial charge in [0.25, 0.3) is 0 Å². The topological polar surface area (TPSA) is 63.9 Å². The van der Waals surface area contributed by atoms with Crippen LogP contribution in [0.25, 0.3) is 10.9 Å². The Balaban J connectivity index is 1.56. The summed E-state index contributed by atoms with van der Waals surface area (Å²) >= 11 is 0. The van der Waals surface area contributed by atoms with Crippen LogP contribution in [0.4, 0.5) is 10.2 Å². The van der Waals surface area contributed by atoms with Gasteiger partial charge < -0.3 is 10.5 Å². The van der Waals surface area contributed by atoms with Gasteiger partial charge in [-0.05, 0) is 37.5 Å². The Morgan fingerprint density at radius 1 is 1.42 bits per heavy atom. The number of halogens is 1. The molecule has 2 aromatic rings. The van der Waals surface area contributed by atoms with Crippen molar-refractivity contribution in [2.24, 2.45) is 11.8 Å². The van der Waals surface area contributed by atoms with Gasteiger partial charge in [0, 0.05) is 12.1 Å². The molecule has 1 heterocycles. The van der Waals surface area contributed by atoms with Crippen LogP contribution in [0.1, 0.15) is 46.0 Å². The average Bonchev–Trinajstić information content (AvgIpc) is 2.95. The number of benzene rings is 1. The molecule has 24 heavy (non-hydrogen) atoms. The molecule has 0 amide bonds. The lowest BCUT2D eigenvalue weighted by Crippen LogP contribution is -2.16. The quantitative estimate of drug-likeness (QED) is 0.772. The van der Waals surface area contributed by atoms with Gasteiger partial charge in [-0.15, -0.1) is 0 Å². The van der Waals surface area contributed by atoms with Gasteiger partial charge in [-0.1, -0.05) is 31.9 Å². The van der Waals surface area contributed by atoms with E-state index in [9.17, 15) is 4.39 Å². The summed E-state index contributed by atoms with van der Waals surface area (Å²) in [6.07, 6.45) is 8.23. The summed E-state index contributed by atoms with van der Waals surface area (Å²) in [7, 11) is 0. The van der Waals surface area contributed by atoms with Gasteiger partial charge in [0.2, 0.25) is 0 Å². The van der Waals surface area contributed by atoms with Crippen molar-refractivity contribution in [1.82, 2.24) is 10.2 Å². The van der Waals surface area contributed by atoms with Crippen molar-refractivity contribution in [3.8, 4) is 5.75 Å². The Morgan fingerprint density at radius 2 is 2.17 bits per heavy atom. The van der Waals surface area contributed by atoms with Crippen LogP contribution in [-0.2, 0) is 0 Å². The summed E-state index contributed by atoms with van der Waals surface area (Å²) in [5.74, 6) is 1.52. The first kappa shape index (κ1) is 16.8. The zero-order valence-corrected chi connectivity index (χ0v) is 14.4. The molecule has 3 rings (SSSR count). The summed E-state index contributed by atoms with van der Waals surface area (Å²) in [6, 6.07) is 3.16.